The quantitative estimate of drug-likeness (QED) is 0.847. The van der Waals surface area contributed by atoms with Crippen molar-refractivity contribution in [2.24, 2.45) is 0 Å². The predicted octanol–water partition coefficient (Wildman–Crippen LogP) is 3.24. The van der Waals surface area contributed by atoms with Crippen molar-refractivity contribution in [1.29, 1.82) is 5.26 Å². The third-order valence-corrected chi connectivity index (χ3v) is 3.00. The molecule has 2 rings (SSSR count). The van der Waals surface area contributed by atoms with Crippen LogP contribution in [0.4, 0.5) is 5.69 Å². The Balaban J connectivity index is 2.17. The molecule has 4 heteroatoms. The van der Waals surface area contributed by atoms with Gasteiger partial charge < -0.3 is 4.90 Å². The van der Waals surface area contributed by atoms with Crippen molar-refractivity contribution in [1.82, 2.24) is 4.98 Å². The number of rotatable bonds is 3. The van der Waals surface area contributed by atoms with Gasteiger partial charge in [0.2, 0.25) is 0 Å². The van der Waals surface area contributed by atoms with E-state index in [-0.39, 0.29) is 0 Å². The zero-order valence-corrected chi connectivity index (χ0v) is 10.7. The second-order valence-electron chi connectivity index (χ2n) is 3.99. The Morgan fingerprint density at radius 2 is 2.00 bits per heavy atom. The van der Waals surface area contributed by atoms with Crippen LogP contribution in [0.5, 0.6) is 0 Å². The zero-order valence-electron chi connectivity index (χ0n) is 9.97. The lowest BCUT2D eigenvalue weighted by Gasteiger charge is -2.19. The van der Waals surface area contributed by atoms with Crippen molar-refractivity contribution >= 4 is 17.3 Å². The number of hydrogen-bond donors (Lipinski definition) is 0. The van der Waals surface area contributed by atoms with Crippen molar-refractivity contribution < 1.29 is 0 Å². The van der Waals surface area contributed by atoms with E-state index in [1.165, 1.54) is 5.56 Å². The molecule has 0 aliphatic heterocycles. The van der Waals surface area contributed by atoms with Gasteiger partial charge in [-0.2, -0.15) is 5.26 Å². The summed E-state index contributed by atoms with van der Waals surface area (Å²) in [4.78, 5) is 6.06. The van der Waals surface area contributed by atoms with E-state index < -0.39 is 0 Å². The van der Waals surface area contributed by atoms with Crippen LogP contribution in [-0.4, -0.2) is 12.0 Å². The molecule has 0 aliphatic carbocycles. The summed E-state index contributed by atoms with van der Waals surface area (Å²) in [5, 5.41) is 9.31. The van der Waals surface area contributed by atoms with E-state index in [1.54, 1.807) is 24.5 Å². The third-order valence-electron chi connectivity index (χ3n) is 2.68. The van der Waals surface area contributed by atoms with Crippen LogP contribution in [-0.2, 0) is 6.54 Å². The van der Waals surface area contributed by atoms with Crippen molar-refractivity contribution in [3.05, 3.63) is 58.9 Å². The summed E-state index contributed by atoms with van der Waals surface area (Å²) < 4.78 is 0. The molecular weight excluding hydrogens is 246 g/mol. The first-order chi connectivity index (χ1) is 8.70. The topological polar surface area (TPSA) is 39.9 Å². The number of nitrogens with zero attached hydrogens (tertiary/aromatic N) is 3. The van der Waals surface area contributed by atoms with Crippen molar-refractivity contribution in [3.63, 3.8) is 0 Å². The summed E-state index contributed by atoms with van der Waals surface area (Å²) in [5.74, 6) is 0. The standard InChI is InChI=1S/C14H12ClN3/c1-18(10-11-4-6-17-7-5-11)13-3-2-12(9-16)14(15)8-13/h2-8H,10H2,1H3. The Labute approximate surface area is 111 Å². The fraction of sp³-hybridized carbons (Fsp3) is 0.143. The molecule has 0 saturated carbocycles. The molecule has 0 aliphatic rings. The van der Waals surface area contributed by atoms with Crippen molar-refractivity contribution in [2.45, 2.75) is 6.54 Å². The summed E-state index contributed by atoms with van der Waals surface area (Å²) in [6, 6.07) is 11.4. The Morgan fingerprint density at radius 1 is 1.28 bits per heavy atom. The van der Waals surface area contributed by atoms with Gasteiger partial charge in [-0.25, -0.2) is 0 Å². The van der Waals surface area contributed by atoms with E-state index in [9.17, 15) is 0 Å². The normalized spacial score (nSPS) is 9.83. The lowest BCUT2D eigenvalue weighted by Crippen LogP contribution is -2.16. The molecule has 3 nitrogen and oxygen atoms in total. The minimum atomic E-state index is 0.483. The molecule has 1 aromatic heterocycles. The van der Waals surface area contributed by atoms with E-state index in [0.717, 1.165) is 12.2 Å². The molecule has 0 spiro atoms. The number of aromatic nitrogens is 1. The third kappa shape index (κ3) is 2.79. The minimum absolute atomic E-state index is 0.483. The molecule has 0 unspecified atom stereocenters. The molecule has 0 saturated heterocycles. The van der Waals surface area contributed by atoms with Crippen LogP contribution in [0.2, 0.25) is 5.02 Å². The fourth-order valence-electron chi connectivity index (χ4n) is 1.69. The number of pyridine rings is 1. The molecule has 0 N–H and O–H groups in total. The molecular formula is C14H12ClN3. The average Bonchev–Trinajstić information content (AvgIpc) is 2.39. The zero-order chi connectivity index (χ0) is 13.0. The molecule has 90 valence electrons. The second-order valence-corrected chi connectivity index (χ2v) is 4.39. The van der Waals surface area contributed by atoms with Gasteiger partial charge in [0.05, 0.1) is 10.6 Å². The summed E-state index contributed by atoms with van der Waals surface area (Å²) >= 11 is 6.02. The van der Waals surface area contributed by atoms with Gasteiger partial charge >= 0.3 is 0 Å². The molecule has 1 heterocycles. The Morgan fingerprint density at radius 3 is 2.61 bits per heavy atom. The molecule has 0 atom stereocenters. The van der Waals surface area contributed by atoms with Gasteiger partial charge in [0.1, 0.15) is 6.07 Å². The second kappa shape index (κ2) is 5.52. The van der Waals surface area contributed by atoms with E-state index in [2.05, 4.69) is 16.0 Å². The van der Waals surface area contributed by atoms with Crippen LogP contribution in [0.15, 0.2) is 42.7 Å². The van der Waals surface area contributed by atoms with Crippen LogP contribution < -0.4 is 4.90 Å². The van der Waals surface area contributed by atoms with Crippen LogP contribution in [0, 0.1) is 11.3 Å². The Bertz CT molecular complexity index is 575. The molecule has 0 fully saturated rings. The number of halogens is 1. The lowest BCUT2D eigenvalue weighted by molar-refractivity contribution is 0.919. The highest BCUT2D eigenvalue weighted by Crippen LogP contribution is 2.23. The Hall–Kier alpha value is -2.05. The maximum absolute atomic E-state index is 8.83. The number of hydrogen-bond acceptors (Lipinski definition) is 3. The van der Waals surface area contributed by atoms with Gasteiger partial charge in [-0.05, 0) is 35.9 Å². The highest BCUT2D eigenvalue weighted by atomic mass is 35.5. The maximum atomic E-state index is 8.83. The van der Waals surface area contributed by atoms with Gasteiger partial charge in [0, 0.05) is 31.7 Å². The first kappa shape index (κ1) is 12.4. The average molecular weight is 258 g/mol. The smallest absolute Gasteiger partial charge is 0.101 e. The highest BCUT2D eigenvalue weighted by Gasteiger charge is 2.05. The number of benzene rings is 1. The van der Waals surface area contributed by atoms with Gasteiger partial charge in [0.15, 0.2) is 0 Å². The summed E-state index contributed by atoms with van der Waals surface area (Å²) in [6.45, 7) is 0.769. The fourth-order valence-corrected chi connectivity index (χ4v) is 1.90. The van der Waals surface area contributed by atoms with Crippen LogP contribution in [0.25, 0.3) is 0 Å². The van der Waals surface area contributed by atoms with E-state index in [1.807, 2.05) is 25.2 Å². The SMILES string of the molecule is CN(Cc1ccncc1)c1ccc(C#N)c(Cl)c1. The van der Waals surface area contributed by atoms with Crippen LogP contribution in [0.3, 0.4) is 0 Å². The van der Waals surface area contributed by atoms with Gasteiger partial charge in [-0.15, -0.1) is 0 Å². The maximum Gasteiger partial charge on any atom is 0.101 e. The molecule has 18 heavy (non-hydrogen) atoms. The van der Waals surface area contributed by atoms with E-state index >= 15 is 0 Å². The molecule has 0 radical (unpaired) electrons. The molecule has 1 aromatic carbocycles. The van der Waals surface area contributed by atoms with E-state index in [4.69, 9.17) is 16.9 Å². The van der Waals surface area contributed by atoms with Gasteiger partial charge in [0.25, 0.3) is 0 Å². The predicted molar refractivity (Wildman–Crippen MR) is 72.5 cm³/mol. The monoisotopic (exact) mass is 257 g/mol. The van der Waals surface area contributed by atoms with Gasteiger partial charge in [-0.1, -0.05) is 11.6 Å². The molecule has 0 bridgehead atoms. The van der Waals surface area contributed by atoms with Crippen LogP contribution >= 0.6 is 11.6 Å². The van der Waals surface area contributed by atoms with Crippen LogP contribution in [0.1, 0.15) is 11.1 Å². The Kier molecular flexibility index (Phi) is 3.81. The summed E-state index contributed by atoms with van der Waals surface area (Å²) in [7, 11) is 1.98. The summed E-state index contributed by atoms with van der Waals surface area (Å²) in [6.07, 6.45) is 3.55. The minimum Gasteiger partial charge on any atom is -0.370 e. The van der Waals surface area contributed by atoms with Crippen molar-refractivity contribution in [3.8, 4) is 6.07 Å². The number of nitriles is 1. The molecule has 2 aromatic rings. The van der Waals surface area contributed by atoms with Gasteiger partial charge in [-0.3, -0.25) is 4.98 Å². The number of anilines is 1. The molecule has 0 amide bonds. The first-order valence-electron chi connectivity index (χ1n) is 5.50. The van der Waals surface area contributed by atoms with E-state index in [0.29, 0.717) is 10.6 Å². The highest BCUT2D eigenvalue weighted by molar-refractivity contribution is 6.32. The largest absolute Gasteiger partial charge is 0.370 e. The first-order valence-corrected chi connectivity index (χ1v) is 5.88. The lowest BCUT2D eigenvalue weighted by atomic mass is 10.2. The summed E-state index contributed by atoms with van der Waals surface area (Å²) in [5.41, 5.74) is 2.65. The van der Waals surface area contributed by atoms with Crippen molar-refractivity contribution in [2.75, 3.05) is 11.9 Å².